The molecule has 0 saturated heterocycles. The number of nitrogens with zero attached hydrogens (tertiary/aromatic N) is 2. The van der Waals surface area contributed by atoms with Crippen LogP contribution in [0, 0.1) is 0 Å². The van der Waals surface area contributed by atoms with Crippen molar-refractivity contribution in [1.82, 2.24) is 14.9 Å². The van der Waals surface area contributed by atoms with Crippen LogP contribution in [0.5, 0.6) is 0 Å². The van der Waals surface area contributed by atoms with Gasteiger partial charge in [-0.05, 0) is 25.5 Å². The third-order valence-electron chi connectivity index (χ3n) is 3.74. The Morgan fingerprint density at radius 2 is 2.15 bits per heavy atom. The Morgan fingerprint density at radius 1 is 1.35 bits per heavy atom. The monoisotopic (exact) mass is 309 g/mol. The molecule has 1 unspecified atom stereocenters. The number of aromatic nitrogens is 2. The molecule has 0 amide bonds. The zero-order valence-corrected chi connectivity index (χ0v) is 13.0. The SMILES string of the molecule is CC(C)n1cnc2c1C(c1cccc(Cl)c1Cl)NCC2. The van der Waals surface area contributed by atoms with Crippen molar-refractivity contribution < 1.29 is 0 Å². The Bertz CT molecular complexity index is 634. The molecule has 0 radical (unpaired) electrons. The fourth-order valence-electron chi connectivity index (χ4n) is 2.76. The van der Waals surface area contributed by atoms with Crippen molar-refractivity contribution >= 4 is 23.2 Å². The van der Waals surface area contributed by atoms with E-state index in [1.54, 1.807) is 0 Å². The lowest BCUT2D eigenvalue weighted by Crippen LogP contribution is -2.32. The first-order valence-electron chi connectivity index (χ1n) is 6.82. The predicted molar refractivity (Wildman–Crippen MR) is 82.6 cm³/mol. The van der Waals surface area contributed by atoms with E-state index < -0.39 is 0 Å². The first-order chi connectivity index (χ1) is 9.59. The molecule has 5 heteroatoms. The van der Waals surface area contributed by atoms with Crippen molar-refractivity contribution in [1.29, 1.82) is 0 Å². The molecule has 0 aliphatic carbocycles. The molecule has 2 heterocycles. The first-order valence-corrected chi connectivity index (χ1v) is 7.58. The lowest BCUT2D eigenvalue weighted by Gasteiger charge is -2.28. The lowest BCUT2D eigenvalue weighted by molar-refractivity contribution is 0.492. The zero-order chi connectivity index (χ0) is 14.3. The zero-order valence-electron chi connectivity index (χ0n) is 11.5. The van der Waals surface area contributed by atoms with Gasteiger partial charge >= 0.3 is 0 Å². The highest BCUT2D eigenvalue weighted by Gasteiger charge is 2.28. The minimum Gasteiger partial charge on any atom is -0.330 e. The van der Waals surface area contributed by atoms with Crippen LogP contribution in [0.1, 0.15) is 42.9 Å². The quantitative estimate of drug-likeness (QED) is 0.908. The third kappa shape index (κ3) is 2.24. The molecule has 106 valence electrons. The maximum absolute atomic E-state index is 6.39. The van der Waals surface area contributed by atoms with Crippen molar-refractivity contribution in [3.05, 3.63) is 51.5 Å². The van der Waals surface area contributed by atoms with Crippen LogP contribution >= 0.6 is 23.2 Å². The van der Waals surface area contributed by atoms with Gasteiger partial charge in [-0.15, -0.1) is 0 Å². The number of rotatable bonds is 2. The molecular formula is C15H17Cl2N3. The van der Waals surface area contributed by atoms with Gasteiger partial charge in [0.2, 0.25) is 0 Å². The van der Waals surface area contributed by atoms with Crippen molar-refractivity contribution in [3.8, 4) is 0 Å². The summed E-state index contributed by atoms with van der Waals surface area (Å²) < 4.78 is 2.21. The Labute approximate surface area is 128 Å². The van der Waals surface area contributed by atoms with E-state index in [-0.39, 0.29) is 6.04 Å². The number of hydrogen-bond acceptors (Lipinski definition) is 2. The molecule has 0 spiro atoms. The Balaban J connectivity index is 2.14. The minimum absolute atomic E-state index is 0.0508. The number of hydrogen-bond donors (Lipinski definition) is 1. The van der Waals surface area contributed by atoms with E-state index in [2.05, 4.69) is 28.7 Å². The highest BCUT2D eigenvalue weighted by atomic mass is 35.5. The van der Waals surface area contributed by atoms with Gasteiger partial charge in [-0.1, -0.05) is 35.3 Å². The summed E-state index contributed by atoms with van der Waals surface area (Å²) in [6.07, 6.45) is 2.87. The van der Waals surface area contributed by atoms with E-state index in [1.807, 2.05) is 24.5 Å². The van der Waals surface area contributed by atoms with Crippen LogP contribution in [0.4, 0.5) is 0 Å². The summed E-state index contributed by atoms with van der Waals surface area (Å²) in [5.41, 5.74) is 3.37. The second kappa shape index (κ2) is 5.40. The van der Waals surface area contributed by atoms with Gasteiger partial charge in [-0.25, -0.2) is 4.98 Å². The van der Waals surface area contributed by atoms with E-state index in [0.717, 1.165) is 24.2 Å². The molecule has 2 aromatic rings. The highest BCUT2D eigenvalue weighted by molar-refractivity contribution is 6.42. The van der Waals surface area contributed by atoms with Gasteiger partial charge in [-0.2, -0.15) is 0 Å². The van der Waals surface area contributed by atoms with E-state index >= 15 is 0 Å². The summed E-state index contributed by atoms with van der Waals surface area (Å²) in [6.45, 7) is 5.22. The average Bonchev–Trinajstić information content (AvgIpc) is 2.86. The second-order valence-electron chi connectivity index (χ2n) is 5.36. The standard InChI is InChI=1S/C15H17Cl2N3/c1-9(2)20-8-19-12-6-7-18-14(15(12)20)10-4-3-5-11(16)13(10)17/h3-5,8-9,14,18H,6-7H2,1-2H3. The summed E-state index contributed by atoms with van der Waals surface area (Å²) in [7, 11) is 0. The third-order valence-corrected chi connectivity index (χ3v) is 4.58. The van der Waals surface area contributed by atoms with Crippen LogP contribution in [0.15, 0.2) is 24.5 Å². The number of imidazole rings is 1. The summed E-state index contributed by atoms with van der Waals surface area (Å²) in [5, 5.41) is 4.75. The molecule has 3 rings (SSSR count). The van der Waals surface area contributed by atoms with Crippen LogP contribution in [0.3, 0.4) is 0 Å². The molecule has 3 nitrogen and oxygen atoms in total. The summed E-state index contributed by atoms with van der Waals surface area (Å²) in [6, 6.07) is 6.20. The van der Waals surface area contributed by atoms with Gasteiger partial charge in [0.25, 0.3) is 0 Å². The van der Waals surface area contributed by atoms with Crippen LogP contribution in [-0.4, -0.2) is 16.1 Å². The van der Waals surface area contributed by atoms with E-state index in [9.17, 15) is 0 Å². The number of halogens is 2. The fraction of sp³-hybridized carbons (Fsp3) is 0.400. The number of nitrogens with one attached hydrogen (secondary N) is 1. The highest BCUT2D eigenvalue weighted by Crippen LogP contribution is 2.36. The van der Waals surface area contributed by atoms with E-state index in [4.69, 9.17) is 23.2 Å². The topological polar surface area (TPSA) is 29.9 Å². The average molecular weight is 310 g/mol. The molecular weight excluding hydrogens is 293 g/mol. The Hall–Kier alpha value is -1.03. The van der Waals surface area contributed by atoms with E-state index in [1.165, 1.54) is 5.69 Å². The predicted octanol–water partition coefficient (Wildman–Crippen LogP) is 4.01. The van der Waals surface area contributed by atoms with Crippen LogP contribution < -0.4 is 5.32 Å². The Kier molecular flexibility index (Phi) is 3.76. The van der Waals surface area contributed by atoms with Gasteiger partial charge in [0.05, 0.1) is 33.8 Å². The smallest absolute Gasteiger partial charge is 0.0954 e. The summed E-state index contributed by atoms with van der Waals surface area (Å²) in [4.78, 5) is 4.55. The second-order valence-corrected chi connectivity index (χ2v) is 6.14. The molecule has 1 aliphatic heterocycles. The van der Waals surface area contributed by atoms with Gasteiger partial charge in [0.15, 0.2) is 0 Å². The van der Waals surface area contributed by atoms with Crippen molar-refractivity contribution in [2.75, 3.05) is 6.54 Å². The lowest BCUT2D eigenvalue weighted by atomic mass is 9.97. The maximum Gasteiger partial charge on any atom is 0.0954 e. The van der Waals surface area contributed by atoms with Gasteiger partial charge < -0.3 is 9.88 Å². The van der Waals surface area contributed by atoms with Gasteiger partial charge in [0, 0.05) is 19.0 Å². The van der Waals surface area contributed by atoms with Crippen LogP contribution in [-0.2, 0) is 6.42 Å². The number of fused-ring (bicyclic) bond motifs is 1. The molecule has 1 aliphatic rings. The first kappa shape index (κ1) is 13.9. The van der Waals surface area contributed by atoms with Crippen LogP contribution in [0.25, 0.3) is 0 Å². The molecule has 1 aromatic carbocycles. The largest absolute Gasteiger partial charge is 0.330 e. The molecule has 20 heavy (non-hydrogen) atoms. The molecule has 0 fully saturated rings. The maximum atomic E-state index is 6.39. The van der Waals surface area contributed by atoms with Gasteiger partial charge in [-0.3, -0.25) is 0 Å². The van der Waals surface area contributed by atoms with Crippen LogP contribution in [0.2, 0.25) is 10.0 Å². The van der Waals surface area contributed by atoms with Crippen molar-refractivity contribution in [2.45, 2.75) is 32.4 Å². The fourth-order valence-corrected chi connectivity index (χ4v) is 3.18. The molecule has 0 saturated carbocycles. The van der Waals surface area contributed by atoms with E-state index in [0.29, 0.717) is 16.1 Å². The molecule has 1 atom stereocenters. The van der Waals surface area contributed by atoms with Gasteiger partial charge in [0.1, 0.15) is 0 Å². The molecule has 1 aromatic heterocycles. The minimum atomic E-state index is 0.0508. The summed E-state index contributed by atoms with van der Waals surface area (Å²) >= 11 is 12.5. The Morgan fingerprint density at radius 3 is 2.90 bits per heavy atom. The number of benzene rings is 1. The molecule has 1 N–H and O–H groups in total. The van der Waals surface area contributed by atoms with Crippen molar-refractivity contribution in [2.24, 2.45) is 0 Å². The molecule has 0 bridgehead atoms. The van der Waals surface area contributed by atoms with Crippen molar-refractivity contribution in [3.63, 3.8) is 0 Å². The summed E-state index contributed by atoms with van der Waals surface area (Å²) in [5.74, 6) is 0. The normalized spacial score (nSPS) is 18.4.